The fourth-order valence-electron chi connectivity index (χ4n) is 1.59. The SMILES string of the molecule is CCn1ccc(C(=O)Nc2sccc2C(=O)NC(N)=O)n1. The molecule has 0 aliphatic rings. The quantitative estimate of drug-likeness (QED) is 0.781. The standard InChI is InChI=1S/C12H13N5O3S/c1-2-17-5-3-8(16-17)10(19)14-11-7(4-6-21-11)9(18)15-12(13)20/h3-6H,2H2,1H3,(H,14,19)(H3,13,15,18,20). The monoisotopic (exact) mass is 307 g/mol. The van der Waals surface area contributed by atoms with Crippen molar-refractivity contribution < 1.29 is 14.4 Å². The number of aromatic nitrogens is 2. The zero-order valence-electron chi connectivity index (χ0n) is 11.1. The average molecular weight is 307 g/mol. The number of carbonyl (C=O) groups is 3. The second-order valence-electron chi connectivity index (χ2n) is 3.99. The molecular weight excluding hydrogens is 294 g/mol. The predicted molar refractivity (Wildman–Crippen MR) is 77.2 cm³/mol. The van der Waals surface area contributed by atoms with Gasteiger partial charge < -0.3 is 11.1 Å². The molecule has 0 saturated heterocycles. The van der Waals surface area contributed by atoms with Crippen LogP contribution in [-0.2, 0) is 6.54 Å². The Bertz CT molecular complexity index is 691. The molecule has 4 amide bonds. The molecule has 9 heteroatoms. The second-order valence-corrected chi connectivity index (χ2v) is 4.91. The molecule has 0 aliphatic heterocycles. The molecule has 2 rings (SSSR count). The maximum absolute atomic E-state index is 12.0. The van der Waals surface area contributed by atoms with Crippen LogP contribution in [0.3, 0.4) is 0 Å². The molecule has 0 saturated carbocycles. The average Bonchev–Trinajstić information content (AvgIpc) is 3.06. The van der Waals surface area contributed by atoms with Gasteiger partial charge in [0, 0.05) is 12.7 Å². The zero-order chi connectivity index (χ0) is 15.4. The molecule has 8 nitrogen and oxygen atoms in total. The van der Waals surface area contributed by atoms with Gasteiger partial charge in [-0.15, -0.1) is 11.3 Å². The molecule has 2 aromatic rings. The summed E-state index contributed by atoms with van der Waals surface area (Å²) in [5.41, 5.74) is 5.30. The predicted octanol–water partition coefficient (Wildman–Crippen LogP) is 1.03. The minimum Gasteiger partial charge on any atom is -0.351 e. The summed E-state index contributed by atoms with van der Waals surface area (Å²) in [6.07, 6.45) is 1.68. The van der Waals surface area contributed by atoms with E-state index in [9.17, 15) is 14.4 Å². The number of hydrogen-bond donors (Lipinski definition) is 3. The van der Waals surface area contributed by atoms with Crippen LogP contribution < -0.4 is 16.4 Å². The number of nitrogens with zero attached hydrogens (tertiary/aromatic N) is 2. The number of thiophene rings is 1. The second kappa shape index (κ2) is 6.18. The first-order chi connectivity index (χ1) is 10.0. The summed E-state index contributed by atoms with van der Waals surface area (Å²) < 4.78 is 1.62. The summed E-state index contributed by atoms with van der Waals surface area (Å²) in [4.78, 5) is 34.5. The molecule has 0 fully saturated rings. The van der Waals surface area contributed by atoms with Crippen molar-refractivity contribution in [3.63, 3.8) is 0 Å². The van der Waals surface area contributed by atoms with E-state index in [4.69, 9.17) is 5.73 Å². The van der Waals surface area contributed by atoms with Crippen LogP contribution >= 0.6 is 11.3 Å². The van der Waals surface area contributed by atoms with E-state index in [0.717, 1.165) is 11.3 Å². The van der Waals surface area contributed by atoms with Crippen molar-refractivity contribution in [2.45, 2.75) is 13.5 Å². The Morgan fingerprint density at radius 3 is 2.71 bits per heavy atom. The van der Waals surface area contributed by atoms with Gasteiger partial charge in [0.25, 0.3) is 11.8 Å². The first kappa shape index (κ1) is 14.7. The Labute approximate surface area is 123 Å². The van der Waals surface area contributed by atoms with Crippen LogP contribution in [0, 0.1) is 0 Å². The number of amides is 4. The molecular formula is C12H13N5O3S. The normalized spacial score (nSPS) is 10.1. The number of urea groups is 1. The smallest absolute Gasteiger partial charge is 0.319 e. The first-order valence-electron chi connectivity index (χ1n) is 6.04. The molecule has 0 unspecified atom stereocenters. The molecule has 0 aliphatic carbocycles. The van der Waals surface area contributed by atoms with E-state index >= 15 is 0 Å². The van der Waals surface area contributed by atoms with E-state index in [-0.39, 0.29) is 11.3 Å². The summed E-state index contributed by atoms with van der Waals surface area (Å²) in [5, 5.41) is 10.5. The van der Waals surface area contributed by atoms with E-state index in [1.807, 2.05) is 12.2 Å². The lowest BCUT2D eigenvalue weighted by atomic mass is 10.3. The summed E-state index contributed by atoms with van der Waals surface area (Å²) in [7, 11) is 0. The third kappa shape index (κ3) is 3.45. The Morgan fingerprint density at radius 1 is 1.33 bits per heavy atom. The van der Waals surface area contributed by atoms with Crippen molar-refractivity contribution in [1.29, 1.82) is 0 Å². The molecule has 0 spiro atoms. The minimum atomic E-state index is -0.954. The largest absolute Gasteiger partial charge is 0.351 e. The molecule has 2 heterocycles. The summed E-state index contributed by atoms with van der Waals surface area (Å²) in [6, 6.07) is 2.11. The Kier molecular flexibility index (Phi) is 4.33. The maximum Gasteiger partial charge on any atom is 0.319 e. The molecule has 21 heavy (non-hydrogen) atoms. The van der Waals surface area contributed by atoms with Crippen molar-refractivity contribution in [1.82, 2.24) is 15.1 Å². The number of anilines is 1. The first-order valence-corrected chi connectivity index (χ1v) is 6.92. The molecule has 110 valence electrons. The number of hydrogen-bond acceptors (Lipinski definition) is 5. The molecule has 0 aromatic carbocycles. The van der Waals surface area contributed by atoms with Crippen LogP contribution in [-0.4, -0.2) is 27.6 Å². The van der Waals surface area contributed by atoms with Crippen LogP contribution in [0.4, 0.5) is 9.80 Å². The lowest BCUT2D eigenvalue weighted by Gasteiger charge is -2.04. The van der Waals surface area contributed by atoms with Crippen molar-refractivity contribution in [2.75, 3.05) is 5.32 Å². The highest BCUT2D eigenvalue weighted by atomic mass is 32.1. The minimum absolute atomic E-state index is 0.169. The molecule has 0 radical (unpaired) electrons. The zero-order valence-corrected chi connectivity index (χ0v) is 11.9. The topological polar surface area (TPSA) is 119 Å². The third-order valence-corrected chi connectivity index (χ3v) is 3.40. The number of aryl methyl sites for hydroxylation is 1. The van der Waals surface area contributed by atoms with E-state index in [2.05, 4.69) is 10.4 Å². The third-order valence-electron chi connectivity index (χ3n) is 2.57. The number of rotatable bonds is 4. The van der Waals surface area contributed by atoms with Crippen LogP contribution in [0.5, 0.6) is 0 Å². The Morgan fingerprint density at radius 2 is 2.10 bits per heavy atom. The highest BCUT2D eigenvalue weighted by molar-refractivity contribution is 7.14. The van der Waals surface area contributed by atoms with Crippen molar-refractivity contribution in [3.05, 3.63) is 35.0 Å². The van der Waals surface area contributed by atoms with Crippen LogP contribution in [0.2, 0.25) is 0 Å². The Balaban J connectivity index is 2.13. The lowest BCUT2D eigenvalue weighted by Crippen LogP contribution is -2.35. The number of imide groups is 1. The van der Waals surface area contributed by atoms with E-state index in [1.54, 1.807) is 22.3 Å². The van der Waals surface area contributed by atoms with Crippen molar-refractivity contribution in [2.24, 2.45) is 5.73 Å². The van der Waals surface area contributed by atoms with Gasteiger partial charge in [0.1, 0.15) is 5.00 Å². The lowest BCUT2D eigenvalue weighted by molar-refractivity contribution is 0.0967. The van der Waals surface area contributed by atoms with E-state index in [0.29, 0.717) is 11.5 Å². The van der Waals surface area contributed by atoms with Gasteiger partial charge in [0.05, 0.1) is 5.56 Å². The number of carbonyl (C=O) groups excluding carboxylic acids is 3. The van der Waals surface area contributed by atoms with Gasteiger partial charge in [-0.1, -0.05) is 0 Å². The van der Waals surface area contributed by atoms with Crippen LogP contribution in [0.15, 0.2) is 23.7 Å². The molecule has 0 bridgehead atoms. The number of primary amides is 1. The summed E-state index contributed by atoms with van der Waals surface area (Å²) >= 11 is 1.16. The molecule has 4 N–H and O–H groups in total. The maximum atomic E-state index is 12.0. The van der Waals surface area contributed by atoms with Gasteiger partial charge in [-0.25, -0.2) is 4.79 Å². The molecule has 0 atom stereocenters. The highest BCUT2D eigenvalue weighted by Crippen LogP contribution is 2.23. The fraction of sp³-hybridized carbons (Fsp3) is 0.167. The van der Waals surface area contributed by atoms with Gasteiger partial charge in [0.2, 0.25) is 0 Å². The van der Waals surface area contributed by atoms with E-state index in [1.165, 1.54) is 6.07 Å². The van der Waals surface area contributed by atoms with Gasteiger partial charge in [-0.3, -0.25) is 19.6 Å². The van der Waals surface area contributed by atoms with E-state index < -0.39 is 17.8 Å². The highest BCUT2D eigenvalue weighted by Gasteiger charge is 2.18. The Hall–Kier alpha value is -2.68. The van der Waals surface area contributed by atoms with Crippen LogP contribution in [0.1, 0.15) is 27.8 Å². The van der Waals surface area contributed by atoms with Gasteiger partial charge in [-0.2, -0.15) is 5.10 Å². The van der Waals surface area contributed by atoms with Crippen LogP contribution in [0.25, 0.3) is 0 Å². The van der Waals surface area contributed by atoms with Gasteiger partial charge >= 0.3 is 6.03 Å². The van der Waals surface area contributed by atoms with Crippen molar-refractivity contribution in [3.8, 4) is 0 Å². The fourth-order valence-corrected chi connectivity index (χ4v) is 2.37. The van der Waals surface area contributed by atoms with Crippen molar-refractivity contribution >= 4 is 34.2 Å². The number of nitrogens with two attached hydrogens (primary N) is 1. The number of nitrogens with one attached hydrogen (secondary N) is 2. The molecule has 2 aromatic heterocycles. The summed E-state index contributed by atoms with van der Waals surface area (Å²) in [5.74, 6) is -1.10. The van der Waals surface area contributed by atoms with Gasteiger partial charge in [-0.05, 0) is 24.4 Å². The summed E-state index contributed by atoms with van der Waals surface area (Å²) in [6.45, 7) is 2.55. The van der Waals surface area contributed by atoms with Gasteiger partial charge in [0.15, 0.2) is 5.69 Å².